The Hall–Kier alpha value is -1.32. The van der Waals surface area contributed by atoms with Crippen LogP contribution in [0.1, 0.15) is 22.8 Å². The summed E-state index contributed by atoms with van der Waals surface area (Å²) in [4.78, 5) is 11.8. The van der Waals surface area contributed by atoms with Crippen molar-refractivity contribution in [2.75, 3.05) is 6.61 Å². The molecule has 0 aromatic heterocycles. The Morgan fingerprint density at radius 3 is 2.50 bits per heavy atom. The van der Waals surface area contributed by atoms with Gasteiger partial charge in [0, 0.05) is 10.4 Å². The number of ether oxygens (including phenoxy) is 1. The molecule has 2 aromatic rings. The number of esters is 1. The van der Waals surface area contributed by atoms with Gasteiger partial charge in [-0.05, 0) is 47.9 Å². The monoisotopic (exact) mass is 352 g/mol. The van der Waals surface area contributed by atoms with Crippen molar-refractivity contribution in [2.45, 2.75) is 12.3 Å². The van der Waals surface area contributed by atoms with Crippen LogP contribution < -0.4 is 0 Å². The number of hydrogen-bond acceptors (Lipinski definition) is 2. The van der Waals surface area contributed by atoms with Crippen molar-refractivity contribution < 1.29 is 9.53 Å². The largest absolute Gasteiger partial charge is 0.462 e. The molecule has 4 heteroatoms. The zero-order chi connectivity index (χ0) is 14.5. The van der Waals surface area contributed by atoms with Crippen molar-refractivity contribution in [2.24, 2.45) is 0 Å². The third-order valence-corrected chi connectivity index (χ3v) is 3.77. The molecule has 0 atom stereocenters. The van der Waals surface area contributed by atoms with Crippen molar-refractivity contribution in [3.05, 3.63) is 58.6 Å². The molecular weight excluding hydrogens is 340 g/mol. The summed E-state index contributed by atoms with van der Waals surface area (Å²) in [5.74, 6) is -0.294. The van der Waals surface area contributed by atoms with Gasteiger partial charge >= 0.3 is 5.97 Å². The fourth-order valence-electron chi connectivity index (χ4n) is 1.96. The fraction of sp³-hybridized carbons (Fsp3) is 0.188. The molecule has 0 aliphatic rings. The number of rotatable bonds is 4. The molecule has 0 aliphatic carbocycles. The SMILES string of the molecule is CCOC(=O)c1ccc(-c2ccc(Cl)cc2)c(CBr)c1. The van der Waals surface area contributed by atoms with Crippen molar-refractivity contribution in [3.8, 4) is 11.1 Å². The Kier molecular flexibility index (Phi) is 5.21. The first kappa shape index (κ1) is 15.1. The van der Waals surface area contributed by atoms with E-state index in [1.807, 2.05) is 36.4 Å². The van der Waals surface area contributed by atoms with Crippen molar-refractivity contribution in [3.63, 3.8) is 0 Å². The van der Waals surface area contributed by atoms with Crippen LogP contribution in [0.5, 0.6) is 0 Å². The van der Waals surface area contributed by atoms with Gasteiger partial charge in [-0.15, -0.1) is 0 Å². The van der Waals surface area contributed by atoms with Crippen molar-refractivity contribution in [1.82, 2.24) is 0 Å². The first-order chi connectivity index (χ1) is 9.65. The minimum absolute atomic E-state index is 0.294. The molecule has 0 aliphatic heterocycles. The molecule has 0 amide bonds. The van der Waals surface area contributed by atoms with E-state index in [-0.39, 0.29) is 5.97 Å². The Morgan fingerprint density at radius 1 is 1.20 bits per heavy atom. The van der Waals surface area contributed by atoms with E-state index in [2.05, 4.69) is 15.9 Å². The number of alkyl halides is 1. The molecule has 0 fully saturated rings. The molecular formula is C16H14BrClO2. The first-order valence-electron chi connectivity index (χ1n) is 6.27. The summed E-state index contributed by atoms with van der Waals surface area (Å²) in [7, 11) is 0. The summed E-state index contributed by atoms with van der Waals surface area (Å²) in [5.41, 5.74) is 3.75. The van der Waals surface area contributed by atoms with Gasteiger partial charge in [0.15, 0.2) is 0 Å². The highest BCUT2D eigenvalue weighted by Gasteiger charge is 2.11. The number of carbonyl (C=O) groups excluding carboxylic acids is 1. The van der Waals surface area contributed by atoms with Crippen LogP contribution in [0, 0.1) is 0 Å². The van der Waals surface area contributed by atoms with Gasteiger partial charge in [-0.2, -0.15) is 0 Å². The maximum atomic E-state index is 11.8. The molecule has 2 aromatic carbocycles. The molecule has 104 valence electrons. The standard InChI is InChI=1S/C16H14BrClO2/c1-2-20-16(19)12-5-8-15(13(9-12)10-17)11-3-6-14(18)7-4-11/h3-9H,2,10H2,1H3. The molecule has 0 saturated heterocycles. The summed E-state index contributed by atoms with van der Waals surface area (Å²) in [5, 5.41) is 1.37. The van der Waals surface area contributed by atoms with Gasteiger partial charge in [0.05, 0.1) is 12.2 Å². The molecule has 20 heavy (non-hydrogen) atoms. The van der Waals surface area contributed by atoms with E-state index in [9.17, 15) is 4.79 Å². The van der Waals surface area contributed by atoms with Crippen molar-refractivity contribution in [1.29, 1.82) is 0 Å². The molecule has 2 nitrogen and oxygen atoms in total. The summed E-state index contributed by atoms with van der Waals surface area (Å²) < 4.78 is 5.02. The second-order valence-electron chi connectivity index (χ2n) is 4.23. The zero-order valence-electron chi connectivity index (χ0n) is 11.0. The van der Waals surface area contributed by atoms with Gasteiger partial charge in [-0.25, -0.2) is 4.79 Å². The van der Waals surface area contributed by atoms with Crippen LogP contribution in [0.3, 0.4) is 0 Å². The summed E-state index contributed by atoms with van der Waals surface area (Å²) in [6, 6.07) is 13.2. The van der Waals surface area contributed by atoms with E-state index in [0.717, 1.165) is 16.7 Å². The molecule has 0 bridgehead atoms. The molecule has 0 radical (unpaired) electrons. The highest BCUT2D eigenvalue weighted by atomic mass is 79.9. The van der Waals surface area contributed by atoms with E-state index >= 15 is 0 Å². The van der Waals surface area contributed by atoms with Crippen LogP contribution in [0.2, 0.25) is 5.02 Å². The average molecular weight is 354 g/mol. The van der Waals surface area contributed by atoms with E-state index in [0.29, 0.717) is 22.5 Å². The predicted octanol–water partition coefficient (Wildman–Crippen LogP) is 5.08. The van der Waals surface area contributed by atoms with Crippen LogP contribution >= 0.6 is 27.5 Å². The second-order valence-corrected chi connectivity index (χ2v) is 5.23. The summed E-state index contributed by atoms with van der Waals surface area (Å²) in [6.07, 6.45) is 0. The molecule has 0 saturated carbocycles. The van der Waals surface area contributed by atoms with Gasteiger partial charge in [0.25, 0.3) is 0 Å². The Balaban J connectivity index is 2.40. The molecule has 0 unspecified atom stereocenters. The lowest BCUT2D eigenvalue weighted by Gasteiger charge is -2.10. The van der Waals surface area contributed by atoms with Crippen LogP contribution in [0.25, 0.3) is 11.1 Å². The maximum Gasteiger partial charge on any atom is 0.338 e. The average Bonchev–Trinajstić information content (AvgIpc) is 2.47. The lowest BCUT2D eigenvalue weighted by molar-refractivity contribution is 0.0526. The summed E-state index contributed by atoms with van der Waals surface area (Å²) in [6.45, 7) is 2.17. The second kappa shape index (κ2) is 6.91. The Labute approximate surface area is 131 Å². The Morgan fingerprint density at radius 2 is 1.90 bits per heavy atom. The highest BCUT2D eigenvalue weighted by molar-refractivity contribution is 9.08. The van der Waals surface area contributed by atoms with Crippen LogP contribution in [-0.4, -0.2) is 12.6 Å². The maximum absolute atomic E-state index is 11.8. The van der Waals surface area contributed by atoms with Crippen LogP contribution in [0.4, 0.5) is 0 Å². The summed E-state index contributed by atoms with van der Waals surface area (Å²) >= 11 is 9.37. The van der Waals surface area contributed by atoms with Crippen LogP contribution in [-0.2, 0) is 10.1 Å². The third kappa shape index (κ3) is 3.41. The topological polar surface area (TPSA) is 26.3 Å². The normalized spacial score (nSPS) is 10.3. The quantitative estimate of drug-likeness (QED) is 0.566. The number of benzene rings is 2. The minimum Gasteiger partial charge on any atom is -0.462 e. The van der Waals surface area contributed by atoms with E-state index < -0.39 is 0 Å². The van der Waals surface area contributed by atoms with E-state index in [4.69, 9.17) is 16.3 Å². The first-order valence-corrected chi connectivity index (χ1v) is 7.77. The number of hydrogen-bond donors (Lipinski definition) is 0. The molecule has 0 N–H and O–H groups in total. The third-order valence-electron chi connectivity index (χ3n) is 2.92. The lowest BCUT2D eigenvalue weighted by Crippen LogP contribution is -2.05. The predicted molar refractivity (Wildman–Crippen MR) is 85.5 cm³/mol. The van der Waals surface area contributed by atoms with Gasteiger partial charge in [-0.3, -0.25) is 0 Å². The van der Waals surface area contributed by atoms with E-state index in [1.165, 1.54) is 0 Å². The van der Waals surface area contributed by atoms with Gasteiger partial charge in [-0.1, -0.05) is 45.7 Å². The number of carbonyl (C=O) groups is 1. The number of halogens is 2. The smallest absolute Gasteiger partial charge is 0.338 e. The lowest BCUT2D eigenvalue weighted by atomic mass is 9.98. The Bertz CT molecular complexity index is 608. The van der Waals surface area contributed by atoms with Gasteiger partial charge < -0.3 is 4.74 Å². The fourth-order valence-corrected chi connectivity index (χ4v) is 2.55. The molecule has 0 spiro atoms. The molecule has 2 rings (SSSR count). The highest BCUT2D eigenvalue weighted by Crippen LogP contribution is 2.28. The van der Waals surface area contributed by atoms with Crippen molar-refractivity contribution >= 4 is 33.5 Å². The minimum atomic E-state index is -0.294. The zero-order valence-corrected chi connectivity index (χ0v) is 13.4. The van der Waals surface area contributed by atoms with E-state index in [1.54, 1.807) is 13.0 Å². The van der Waals surface area contributed by atoms with Crippen LogP contribution in [0.15, 0.2) is 42.5 Å². The van der Waals surface area contributed by atoms with Gasteiger partial charge in [0.2, 0.25) is 0 Å². The van der Waals surface area contributed by atoms with Gasteiger partial charge in [0.1, 0.15) is 0 Å². The molecule has 0 heterocycles.